The first-order chi connectivity index (χ1) is 10.7. The molecule has 0 saturated carbocycles. The molecule has 1 aliphatic rings. The lowest BCUT2D eigenvalue weighted by Crippen LogP contribution is -2.32. The van der Waals surface area contributed by atoms with Crippen molar-refractivity contribution >= 4 is 20.8 Å². The van der Waals surface area contributed by atoms with Crippen molar-refractivity contribution in [1.29, 1.82) is 0 Å². The van der Waals surface area contributed by atoms with Gasteiger partial charge in [0, 0.05) is 24.0 Å². The fourth-order valence-electron chi connectivity index (χ4n) is 3.13. The van der Waals surface area contributed by atoms with Gasteiger partial charge in [-0.3, -0.25) is 4.90 Å². The minimum Gasteiger partial charge on any atom is -0.423 e. The second kappa shape index (κ2) is 5.76. The molecular weight excluding hydrogens is 314 g/mol. The third kappa shape index (κ3) is 3.33. The van der Waals surface area contributed by atoms with Gasteiger partial charge in [0.15, 0.2) is 9.84 Å². The van der Waals surface area contributed by atoms with Gasteiger partial charge in [0.25, 0.3) is 0 Å². The van der Waals surface area contributed by atoms with Gasteiger partial charge in [0.1, 0.15) is 5.58 Å². The zero-order chi connectivity index (χ0) is 16.8. The molecule has 1 aliphatic heterocycles. The fourth-order valence-corrected chi connectivity index (χ4v) is 4.94. The first kappa shape index (κ1) is 16.2. The number of nitrogens with zero attached hydrogens (tertiary/aromatic N) is 1. The van der Waals surface area contributed by atoms with Crippen LogP contribution in [0.2, 0.25) is 0 Å². The van der Waals surface area contributed by atoms with Gasteiger partial charge < -0.3 is 4.42 Å². The Kier molecular flexibility index (Phi) is 4.06. The molecule has 1 atom stereocenters. The average molecular weight is 335 g/mol. The van der Waals surface area contributed by atoms with Crippen LogP contribution < -0.4 is 5.63 Å². The SMILES string of the molecule is Cc1cc2oc(=O)cc(CN(C)C3CCS(=O)(=O)C3)c2cc1C. The molecule has 5 nitrogen and oxygen atoms in total. The van der Waals surface area contributed by atoms with Crippen molar-refractivity contribution in [3.8, 4) is 0 Å². The highest BCUT2D eigenvalue weighted by Gasteiger charge is 2.30. The fraction of sp³-hybridized carbons (Fsp3) is 0.471. The Balaban J connectivity index is 1.96. The molecule has 1 fully saturated rings. The van der Waals surface area contributed by atoms with Gasteiger partial charge in [0.05, 0.1) is 11.5 Å². The van der Waals surface area contributed by atoms with Crippen LogP contribution in [0.5, 0.6) is 0 Å². The quantitative estimate of drug-likeness (QED) is 0.803. The molecule has 3 rings (SSSR count). The van der Waals surface area contributed by atoms with E-state index in [1.165, 1.54) is 6.07 Å². The number of fused-ring (bicyclic) bond motifs is 1. The van der Waals surface area contributed by atoms with Crippen LogP contribution in [0, 0.1) is 13.8 Å². The minimum absolute atomic E-state index is 0.00819. The van der Waals surface area contributed by atoms with E-state index in [-0.39, 0.29) is 23.2 Å². The zero-order valence-corrected chi connectivity index (χ0v) is 14.4. The van der Waals surface area contributed by atoms with Gasteiger partial charge in [-0.05, 0) is 56.1 Å². The molecule has 2 aromatic rings. The molecule has 1 unspecified atom stereocenters. The third-order valence-electron chi connectivity index (χ3n) is 4.70. The van der Waals surface area contributed by atoms with Crippen molar-refractivity contribution in [1.82, 2.24) is 4.90 Å². The molecule has 0 amide bonds. The second-order valence-corrected chi connectivity index (χ2v) is 8.72. The first-order valence-corrected chi connectivity index (χ1v) is 9.52. The number of rotatable bonds is 3. The summed E-state index contributed by atoms with van der Waals surface area (Å²) >= 11 is 0. The molecule has 0 spiro atoms. The topological polar surface area (TPSA) is 67.6 Å². The predicted molar refractivity (Wildman–Crippen MR) is 90.5 cm³/mol. The normalized spacial score (nSPS) is 20.4. The number of benzene rings is 1. The van der Waals surface area contributed by atoms with E-state index in [0.29, 0.717) is 18.5 Å². The van der Waals surface area contributed by atoms with Crippen molar-refractivity contribution in [2.24, 2.45) is 0 Å². The summed E-state index contributed by atoms with van der Waals surface area (Å²) in [5.41, 5.74) is 3.31. The van der Waals surface area contributed by atoms with Crippen LogP contribution in [0.25, 0.3) is 11.0 Å². The maximum atomic E-state index is 11.8. The summed E-state index contributed by atoms with van der Waals surface area (Å²) in [7, 11) is -1.01. The Morgan fingerprint density at radius 3 is 2.57 bits per heavy atom. The van der Waals surface area contributed by atoms with Gasteiger partial charge in [-0.25, -0.2) is 13.2 Å². The largest absolute Gasteiger partial charge is 0.423 e. The van der Waals surface area contributed by atoms with Gasteiger partial charge in [-0.1, -0.05) is 0 Å². The van der Waals surface area contributed by atoms with Crippen LogP contribution in [0.4, 0.5) is 0 Å². The molecule has 0 bridgehead atoms. The zero-order valence-electron chi connectivity index (χ0n) is 13.6. The van der Waals surface area contributed by atoms with Crippen LogP contribution >= 0.6 is 0 Å². The summed E-state index contributed by atoms with van der Waals surface area (Å²) in [4.78, 5) is 13.8. The molecule has 0 radical (unpaired) electrons. The molecule has 1 aromatic heterocycles. The summed E-state index contributed by atoms with van der Waals surface area (Å²) in [6, 6.07) is 5.43. The number of aryl methyl sites for hydroxylation is 2. The van der Waals surface area contributed by atoms with Crippen LogP contribution in [-0.4, -0.2) is 37.9 Å². The van der Waals surface area contributed by atoms with Gasteiger partial charge in [-0.15, -0.1) is 0 Å². The van der Waals surface area contributed by atoms with Gasteiger partial charge in [-0.2, -0.15) is 0 Å². The lowest BCUT2D eigenvalue weighted by molar-refractivity contribution is 0.254. The monoisotopic (exact) mass is 335 g/mol. The smallest absolute Gasteiger partial charge is 0.336 e. The van der Waals surface area contributed by atoms with E-state index in [9.17, 15) is 13.2 Å². The summed E-state index contributed by atoms with van der Waals surface area (Å²) in [6.45, 7) is 4.54. The van der Waals surface area contributed by atoms with Crippen molar-refractivity contribution in [3.05, 3.63) is 45.3 Å². The van der Waals surface area contributed by atoms with E-state index in [1.807, 2.05) is 37.9 Å². The maximum Gasteiger partial charge on any atom is 0.336 e. The summed E-state index contributed by atoms with van der Waals surface area (Å²) in [5, 5.41) is 0.917. The van der Waals surface area contributed by atoms with Crippen LogP contribution in [0.15, 0.2) is 27.4 Å². The van der Waals surface area contributed by atoms with E-state index in [0.717, 1.165) is 22.1 Å². The number of hydrogen-bond donors (Lipinski definition) is 0. The Labute approximate surface area is 135 Å². The van der Waals surface area contributed by atoms with E-state index in [2.05, 4.69) is 0 Å². The van der Waals surface area contributed by atoms with Gasteiger partial charge in [0.2, 0.25) is 0 Å². The Hall–Kier alpha value is -1.66. The molecule has 6 heteroatoms. The molecule has 0 aliphatic carbocycles. The summed E-state index contributed by atoms with van der Waals surface area (Å²) < 4.78 is 28.6. The summed E-state index contributed by atoms with van der Waals surface area (Å²) in [5.74, 6) is 0.443. The Morgan fingerprint density at radius 2 is 1.91 bits per heavy atom. The molecule has 1 aromatic carbocycles. The third-order valence-corrected chi connectivity index (χ3v) is 6.45. The molecule has 0 N–H and O–H groups in total. The van der Waals surface area contributed by atoms with Crippen molar-refractivity contribution in [3.63, 3.8) is 0 Å². The van der Waals surface area contributed by atoms with Crippen LogP contribution in [0.1, 0.15) is 23.1 Å². The molecule has 2 heterocycles. The highest BCUT2D eigenvalue weighted by atomic mass is 32.2. The number of sulfone groups is 1. The predicted octanol–water partition coefficient (Wildman–Crippen LogP) is 2.03. The minimum atomic E-state index is -2.92. The first-order valence-electron chi connectivity index (χ1n) is 7.70. The highest BCUT2D eigenvalue weighted by Crippen LogP contribution is 2.24. The van der Waals surface area contributed by atoms with E-state index in [4.69, 9.17) is 4.42 Å². The van der Waals surface area contributed by atoms with E-state index >= 15 is 0 Å². The number of hydrogen-bond acceptors (Lipinski definition) is 5. The molecule has 124 valence electrons. The van der Waals surface area contributed by atoms with E-state index in [1.54, 1.807) is 0 Å². The Bertz CT molecular complexity index is 914. The maximum absolute atomic E-state index is 11.8. The molecule has 23 heavy (non-hydrogen) atoms. The van der Waals surface area contributed by atoms with Crippen molar-refractivity contribution in [2.45, 2.75) is 32.9 Å². The average Bonchev–Trinajstić information content (AvgIpc) is 2.81. The van der Waals surface area contributed by atoms with Gasteiger partial charge >= 0.3 is 5.63 Å². The Morgan fingerprint density at radius 1 is 1.22 bits per heavy atom. The van der Waals surface area contributed by atoms with Crippen LogP contribution in [0.3, 0.4) is 0 Å². The van der Waals surface area contributed by atoms with E-state index < -0.39 is 9.84 Å². The lowest BCUT2D eigenvalue weighted by atomic mass is 10.0. The standard InChI is InChI=1S/C17H21NO4S/c1-11-6-15-13(8-17(19)22-16(15)7-12(11)2)9-18(3)14-4-5-23(20,21)10-14/h6-8,14H,4-5,9-10H2,1-3H3. The summed E-state index contributed by atoms with van der Waals surface area (Å²) in [6.07, 6.45) is 0.649. The second-order valence-electron chi connectivity index (χ2n) is 6.50. The highest BCUT2D eigenvalue weighted by molar-refractivity contribution is 7.91. The lowest BCUT2D eigenvalue weighted by Gasteiger charge is -2.23. The molecule has 1 saturated heterocycles. The van der Waals surface area contributed by atoms with Crippen molar-refractivity contribution < 1.29 is 12.8 Å². The molecular formula is C17H21NO4S. The van der Waals surface area contributed by atoms with Crippen molar-refractivity contribution in [2.75, 3.05) is 18.6 Å². The van der Waals surface area contributed by atoms with Crippen LogP contribution in [-0.2, 0) is 16.4 Å².